The monoisotopic (exact) mass is 312 g/mol. The Labute approximate surface area is 129 Å². The summed E-state index contributed by atoms with van der Waals surface area (Å²) in [6.45, 7) is 4.64. The molecular formula is C15H21ClN2O3. The van der Waals surface area contributed by atoms with Gasteiger partial charge in [0.05, 0.1) is 10.6 Å². The van der Waals surface area contributed by atoms with Gasteiger partial charge in [-0.1, -0.05) is 25.4 Å². The van der Waals surface area contributed by atoms with E-state index < -0.39 is 5.97 Å². The third kappa shape index (κ3) is 5.73. The minimum absolute atomic E-state index is 0.00862. The molecule has 0 radical (unpaired) electrons. The van der Waals surface area contributed by atoms with Gasteiger partial charge in [0.25, 0.3) is 0 Å². The summed E-state index contributed by atoms with van der Waals surface area (Å²) >= 11 is 5.86. The highest BCUT2D eigenvalue weighted by atomic mass is 35.5. The van der Waals surface area contributed by atoms with Crippen molar-refractivity contribution in [1.29, 1.82) is 0 Å². The topological polar surface area (TPSA) is 92.4 Å². The Balaban J connectivity index is 2.66. The molecule has 21 heavy (non-hydrogen) atoms. The van der Waals surface area contributed by atoms with Gasteiger partial charge in [0.1, 0.15) is 0 Å². The maximum atomic E-state index is 12.0. The molecule has 0 saturated heterocycles. The number of amides is 1. The van der Waals surface area contributed by atoms with Gasteiger partial charge in [-0.05, 0) is 43.0 Å². The molecule has 116 valence electrons. The summed E-state index contributed by atoms with van der Waals surface area (Å²) in [5, 5.41) is 11.7. The van der Waals surface area contributed by atoms with Gasteiger partial charge >= 0.3 is 5.97 Å². The van der Waals surface area contributed by atoms with Crippen LogP contribution < -0.4 is 11.1 Å². The van der Waals surface area contributed by atoms with E-state index in [2.05, 4.69) is 19.2 Å². The summed E-state index contributed by atoms with van der Waals surface area (Å²) in [5.41, 5.74) is 6.16. The molecule has 6 heteroatoms. The van der Waals surface area contributed by atoms with E-state index in [1.807, 2.05) is 0 Å². The number of aromatic carboxylic acids is 1. The fraction of sp³-hybridized carbons (Fsp3) is 0.467. The number of hydrogen-bond acceptors (Lipinski definition) is 3. The SMILES string of the molecule is CC(C)CC(CN)CC(=O)Nc1ccc(C(=O)O)c(Cl)c1. The van der Waals surface area contributed by atoms with E-state index in [0.717, 1.165) is 6.42 Å². The highest BCUT2D eigenvalue weighted by Gasteiger charge is 2.15. The summed E-state index contributed by atoms with van der Waals surface area (Å²) in [6, 6.07) is 4.32. The Bertz CT molecular complexity index is 518. The summed E-state index contributed by atoms with van der Waals surface area (Å²) < 4.78 is 0. The molecule has 5 nitrogen and oxygen atoms in total. The van der Waals surface area contributed by atoms with Gasteiger partial charge in [0.15, 0.2) is 0 Å². The summed E-state index contributed by atoms with van der Waals surface area (Å²) in [5.74, 6) is -0.627. The molecule has 1 aromatic rings. The van der Waals surface area contributed by atoms with Gasteiger partial charge in [-0.15, -0.1) is 0 Å². The second-order valence-electron chi connectivity index (χ2n) is 5.48. The highest BCUT2D eigenvalue weighted by Crippen LogP contribution is 2.22. The number of halogens is 1. The third-order valence-electron chi connectivity index (χ3n) is 3.10. The number of hydrogen-bond donors (Lipinski definition) is 3. The van der Waals surface area contributed by atoms with Crippen LogP contribution in [0.4, 0.5) is 5.69 Å². The molecule has 1 atom stereocenters. The zero-order valence-corrected chi connectivity index (χ0v) is 13.0. The average molecular weight is 313 g/mol. The van der Waals surface area contributed by atoms with Crippen molar-refractivity contribution in [1.82, 2.24) is 0 Å². The van der Waals surface area contributed by atoms with Crippen LogP contribution in [0.15, 0.2) is 18.2 Å². The van der Waals surface area contributed by atoms with Crippen LogP contribution >= 0.6 is 11.6 Å². The van der Waals surface area contributed by atoms with E-state index in [9.17, 15) is 9.59 Å². The van der Waals surface area contributed by atoms with Crippen LogP contribution in [0.1, 0.15) is 37.0 Å². The van der Waals surface area contributed by atoms with Gasteiger partial charge in [0.2, 0.25) is 5.91 Å². The lowest BCUT2D eigenvalue weighted by molar-refractivity contribution is -0.117. The summed E-state index contributed by atoms with van der Waals surface area (Å²) in [6.07, 6.45) is 1.23. The molecular weight excluding hydrogens is 292 g/mol. The van der Waals surface area contributed by atoms with E-state index in [-0.39, 0.29) is 22.4 Å². The van der Waals surface area contributed by atoms with Gasteiger partial charge in [-0.25, -0.2) is 4.79 Å². The Kier molecular flexibility index (Phi) is 6.65. The van der Waals surface area contributed by atoms with Crippen molar-refractivity contribution >= 4 is 29.2 Å². The largest absolute Gasteiger partial charge is 0.478 e. The van der Waals surface area contributed by atoms with E-state index in [1.54, 1.807) is 0 Å². The normalized spacial score (nSPS) is 12.2. The number of nitrogens with two attached hydrogens (primary N) is 1. The number of carboxylic acids is 1. The first-order chi connectivity index (χ1) is 9.83. The van der Waals surface area contributed by atoms with E-state index in [4.69, 9.17) is 22.4 Å². The van der Waals surface area contributed by atoms with Crippen LogP contribution in [0.5, 0.6) is 0 Å². The van der Waals surface area contributed by atoms with Gasteiger partial charge in [-0.2, -0.15) is 0 Å². The molecule has 0 aliphatic carbocycles. The van der Waals surface area contributed by atoms with Crippen molar-refractivity contribution in [2.45, 2.75) is 26.7 Å². The number of carboxylic acid groups (broad SMARTS) is 1. The molecule has 0 fully saturated rings. The van der Waals surface area contributed by atoms with Gasteiger partial charge in [-0.3, -0.25) is 4.79 Å². The standard InChI is InChI=1S/C15H21ClN2O3/c1-9(2)5-10(8-17)6-14(19)18-11-3-4-12(15(20)21)13(16)7-11/h3-4,7,9-10H,5-6,8,17H2,1-2H3,(H,18,19)(H,20,21). The molecule has 0 bridgehead atoms. The Morgan fingerprint density at radius 2 is 2.05 bits per heavy atom. The zero-order chi connectivity index (χ0) is 16.0. The minimum Gasteiger partial charge on any atom is -0.478 e. The number of rotatable bonds is 7. The van der Waals surface area contributed by atoms with Crippen LogP contribution in [0.3, 0.4) is 0 Å². The predicted octanol–water partition coefficient (Wildman–Crippen LogP) is 2.99. The maximum Gasteiger partial charge on any atom is 0.337 e. The first kappa shape index (κ1) is 17.5. The highest BCUT2D eigenvalue weighted by molar-refractivity contribution is 6.33. The summed E-state index contributed by atoms with van der Waals surface area (Å²) in [4.78, 5) is 22.8. The van der Waals surface area contributed by atoms with Crippen LogP contribution in [0, 0.1) is 11.8 Å². The Morgan fingerprint density at radius 1 is 1.38 bits per heavy atom. The number of nitrogens with one attached hydrogen (secondary N) is 1. The lowest BCUT2D eigenvalue weighted by Gasteiger charge is -2.16. The first-order valence-corrected chi connectivity index (χ1v) is 7.24. The maximum absolute atomic E-state index is 12.0. The fourth-order valence-electron chi connectivity index (χ4n) is 2.17. The van der Waals surface area contributed by atoms with E-state index in [1.165, 1.54) is 18.2 Å². The second kappa shape index (κ2) is 8.00. The van der Waals surface area contributed by atoms with Crippen molar-refractivity contribution < 1.29 is 14.7 Å². The van der Waals surface area contributed by atoms with Gasteiger partial charge < -0.3 is 16.2 Å². The Hall–Kier alpha value is -1.59. The molecule has 0 aliphatic heterocycles. The minimum atomic E-state index is -1.10. The van der Waals surface area contributed by atoms with Crippen LogP contribution in [-0.2, 0) is 4.79 Å². The van der Waals surface area contributed by atoms with Crippen molar-refractivity contribution in [3.63, 3.8) is 0 Å². The van der Waals surface area contributed by atoms with E-state index in [0.29, 0.717) is 24.6 Å². The molecule has 0 aromatic heterocycles. The number of benzene rings is 1. The summed E-state index contributed by atoms with van der Waals surface area (Å²) in [7, 11) is 0. The molecule has 0 spiro atoms. The molecule has 1 rings (SSSR count). The molecule has 0 aliphatic rings. The third-order valence-corrected chi connectivity index (χ3v) is 3.41. The Morgan fingerprint density at radius 3 is 2.52 bits per heavy atom. The van der Waals surface area contributed by atoms with Gasteiger partial charge in [0, 0.05) is 12.1 Å². The van der Waals surface area contributed by atoms with Crippen LogP contribution in [0.2, 0.25) is 5.02 Å². The van der Waals surface area contributed by atoms with E-state index >= 15 is 0 Å². The zero-order valence-electron chi connectivity index (χ0n) is 12.2. The quantitative estimate of drug-likeness (QED) is 0.721. The van der Waals surface area contributed by atoms with Crippen LogP contribution in [0.25, 0.3) is 0 Å². The van der Waals surface area contributed by atoms with Crippen molar-refractivity contribution in [3.8, 4) is 0 Å². The molecule has 1 amide bonds. The number of carbonyl (C=O) groups excluding carboxylic acids is 1. The lowest BCUT2D eigenvalue weighted by Crippen LogP contribution is -2.23. The number of carbonyl (C=O) groups is 2. The molecule has 0 saturated carbocycles. The lowest BCUT2D eigenvalue weighted by atomic mass is 9.94. The van der Waals surface area contributed by atoms with Crippen molar-refractivity contribution in [2.75, 3.05) is 11.9 Å². The molecule has 1 unspecified atom stereocenters. The molecule has 1 aromatic carbocycles. The van der Waals surface area contributed by atoms with Crippen LogP contribution in [-0.4, -0.2) is 23.5 Å². The fourth-order valence-corrected chi connectivity index (χ4v) is 2.43. The molecule has 4 N–H and O–H groups in total. The predicted molar refractivity (Wildman–Crippen MR) is 83.7 cm³/mol. The second-order valence-corrected chi connectivity index (χ2v) is 5.89. The smallest absolute Gasteiger partial charge is 0.337 e. The molecule has 0 heterocycles. The van der Waals surface area contributed by atoms with Crippen molar-refractivity contribution in [3.05, 3.63) is 28.8 Å². The number of anilines is 1. The first-order valence-electron chi connectivity index (χ1n) is 6.86. The average Bonchev–Trinajstić information content (AvgIpc) is 2.36. The van der Waals surface area contributed by atoms with Crippen molar-refractivity contribution in [2.24, 2.45) is 17.6 Å².